The summed E-state index contributed by atoms with van der Waals surface area (Å²) in [6, 6.07) is 3.58. The molecule has 7 nitrogen and oxygen atoms in total. The first-order valence-electron chi connectivity index (χ1n) is 8.93. The minimum atomic E-state index is -0.156. The molecule has 2 aromatic heterocycles. The van der Waals surface area contributed by atoms with Crippen LogP contribution >= 0.6 is 22.7 Å². The van der Waals surface area contributed by atoms with Gasteiger partial charge in [0, 0.05) is 38.0 Å². The Balaban J connectivity index is 1.40. The maximum Gasteiger partial charge on any atom is 0.261 e. The van der Waals surface area contributed by atoms with E-state index in [1.165, 1.54) is 22.7 Å². The molecule has 1 aliphatic heterocycles. The van der Waals surface area contributed by atoms with Crippen molar-refractivity contribution in [2.45, 2.75) is 39.0 Å². The van der Waals surface area contributed by atoms with E-state index in [2.05, 4.69) is 34.4 Å². The Morgan fingerprint density at radius 2 is 2.07 bits per heavy atom. The summed E-state index contributed by atoms with van der Waals surface area (Å²) in [4.78, 5) is 31.3. The Morgan fingerprint density at radius 1 is 1.30 bits per heavy atom. The highest BCUT2D eigenvalue weighted by atomic mass is 32.1. The van der Waals surface area contributed by atoms with Crippen LogP contribution in [0.15, 0.2) is 22.9 Å². The minimum absolute atomic E-state index is 0.150. The highest BCUT2D eigenvalue weighted by Crippen LogP contribution is 2.19. The van der Waals surface area contributed by atoms with Gasteiger partial charge in [-0.05, 0) is 25.3 Å². The fraction of sp³-hybridized carbons (Fsp3) is 0.500. The lowest BCUT2D eigenvalue weighted by Gasteiger charge is -2.34. The van der Waals surface area contributed by atoms with Gasteiger partial charge in [0.05, 0.1) is 22.8 Å². The van der Waals surface area contributed by atoms with E-state index in [1.54, 1.807) is 6.07 Å². The number of thiazole rings is 1. The molecular formula is C18H24N4O3S2. The number of thiophene rings is 1. The number of hydrogen-bond acceptors (Lipinski definition) is 7. The summed E-state index contributed by atoms with van der Waals surface area (Å²) in [6.45, 7) is 6.96. The topological polar surface area (TPSA) is 83.6 Å². The van der Waals surface area contributed by atoms with Gasteiger partial charge >= 0.3 is 0 Å². The smallest absolute Gasteiger partial charge is 0.261 e. The first-order valence-corrected chi connectivity index (χ1v) is 10.7. The van der Waals surface area contributed by atoms with Gasteiger partial charge in [-0.15, -0.1) is 22.7 Å². The molecule has 0 bridgehead atoms. The van der Waals surface area contributed by atoms with E-state index < -0.39 is 0 Å². The lowest BCUT2D eigenvalue weighted by atomic mass is 10.2. The molecule has 2 amide bonds. The summed E-state index contributed by atoms with van der Waals surface area (Å²) in [7, 11) is 0. The Labute approximate surface area is 166 Å². The highest BCUT2D eigenvalue weighted by molar-refractivity contribution is 7.14. The number of morpholine rings is 1. The van der Waals surface area contributed by atoms with Crippen LogP contribution in [0, 0.1) is 0 Å². The predicted molar refractivity (Wildman–Crippen MR) is 107 cm³/mol. The molecule has 0 aliphatic carbocycles. The normalized spacial score (nSPS) is 20.4. The van der Waals surface area contributed by atoms with Crippen LogP contribution in [0.1, 0.15) is 35.6 Å². The molecule has 27 heavy (non-hydrogen) atoms. The summed E-state index contributed by atoms with van der Waals surface area (Å²) in [5.74, 6) is -0.306. The zero-order valence-electron chi connectivity index (χ0n) is 15.4. The Hall–Kier alpha value is -1.81. The molecule has 1 aliphatic rings. The minimum Gasteiger partial charge on any atom is -0.373 e. The number of carbonyl (C=O) groups is 2. The molecule has 0 unspecified atom stereocenters. The first-order chi connectivity index (χ1) is 13.0. The zero-order chi connectivity index (χ0) is 19.2. The SMILES string of the molecule is C[C@@H]1CN(Cc2csc(NC(=O)CCNC(=O)c3cccs3)n2)C[C@H](C)O1. The average molecular weight is 409 g/mol. The third-order valence-corrected chi connectivity index (χ3v) is 5.74. The van der Waals surface area contributed by atoms with Crippen molar-refractivity contribution >= 4 is 39.6 Å². The molecule has 146 valence electrons. The fourth-order valence-electron chi connectivity index (χ4n) is 3.05. The summed E-state index contributed by atoms with van der Waals surface area (Å²) in [5, 5.41) is 9.96. The number of rotatable bonds is 7. The van der Waals surface area contributed by atoms with Gasteiger partial charge < -0.3 is 15.4 Å². The van der Waals surface area contributed by atoms with Crippen molar-refractivity contribution in [2.24, 2.45) is 0 Å². The van der Waals surface area contributed by atoms with Crippen molar-refractivity contribution in [2.75, 3.05) is 25.0 Å². The monoisotopic (exact) mass is 408 g/mol. The van der Waals surface area contributed by atoms with Gasteiger partial charge in [0.15, 0.2) is 5.13 Å². The second-order valence-electron chi connectivity index (χ2n) is 6.63. The van der Waals surface area contributed by atoms with Gasteiger partial charge in [0.25, 0.3) is 5.91 Å². The predicted octanol–water partition coefficient (Wildman–Crippen LogP) is 2.57. The largest absolute Gasteiger partial charge is 0.373 e. The van der Waals surface area contributed by atoms with Crippen LogP contribution in [-0.2, 0) is 16.1 Å². The number of ether oxygens (including phenoxy) is 1. The molecule has 0 spiro atoms. The number of nitrogens with zero attached hydrogens (tertiary/aromatic N) is 2. The summed E-state index contributed by atoms with van der Waals surface area (Å²) in [5.41, 5.74) is 0.947. The standard InChI is InChI=1S/C18H24N4O3S2/c1-12-8-22(9-13(2)25-12)10-14-11-27-18(20-14)21-16(23)5-6-19-17(24)15-4-3-7-26-15/h3-4,7,11-13H,5-6,8-10H2,1-2H3,(H,19,24)(H,20,21,23)/t12-,13+. The van der Waals surface area contributed by atoms with Gasteiger partial charge in [-0.1, -0.05) is 6.07 Å². The lowest BCUT2D eigenvalue weighted by molar-refractivity contribution is -0.116. The number of amides is 2. The average Bonchev–Trinajstić information content (AvgIpc) is 3.26. The highest BCUT2D eigenvalue weighted by Gasteiger charge is 2.22. The van der Waals surface area contributed by atoms with Gasteiger partial charge in [-0.25, -0.2) is 4.98 Å². The molecule has 0 aromatic carbocycles. The second-order valence-corrected chi connectivity index (χ2v) is 8.43. The van der Waals surface area contributed by atoms with Crippen LogP contribution in [0.4, 0.5) is 5.13 Å². The Kier molecular flexibility index (Phi) is 6.95. The van der Waals surface area contributed by atoms with Gasteiger partial charge in [-0.2, -0.15) is 0 Å². The van der Waals surface area contributed by atoms with E-state index in [0.29, 0.717) is 16.6 Å². The molecule has 0 radical (unpaired) electrons. The summed E-state index contributed by atoms with van der Waals surface area (Å²) in [6.07, 6.45) is 0.650. The van der Waals surface area contributed by atoms with Gasteiger partial charge in [0.1, 0.15) is 0 Å². The maximum absolute atomic E-state index is 12.0. The molecule has 1 saturated heterocycles. The van der Waals surface area contributed by atoms with E-state index >= 15 is 0 Å². The van der Waals surface area contributed by atoms with Gasteiger partial charge in [-0.3, -0.25) is 14.5 Å². The van der Waals surface area contributed by atoms with E-state index in [4.69, 9.17) is 4.74 Å². The van der Waals surface area contributed by atoms with Gasteiger partial charge in [0.2, 0.25) is 5.91 Å². The zero-order valence-corrected chi connectivity index (χ0v) is 17.1. The molecule has 1 fully saturated rings. The van der Waals surface area contributed by atoms with Crippen molar-refractivity contribution < 1.29 is 14.3 Å². The van der Waals surface area contributed by atoms with Crippen molar-refractivity contribution in [3.8, 4) is 0 Å². The number of carbonyl (C=O) groups excluding carboxylic acids is 2. The molecule has 9 heteroatoms. The summed E-state index contributed by atoms with van der Waals surface area (Å²) >= 11 is 2.80. The van der Waals surface area contributed by atoms with E-state index in [-0.39, 0.29) is 30.4 Å². The molecule has 0 saturated carbocycles. The number of hydrogen-bond donors (Lipinski definition) is 2. The molecule has 2 aromatic rings. The molecule has 3 heterocycles. The van der Waals surface area contributed by atoms with Crippen LogP contribution in [-0.4, -0.2) is 53.5 Å². The molecule has 2 N–H and O–H groups in total. The van der Waals surface area contributed by atoms with Crippen molar-refractivity contribution in [3.05, 3.63) is 33.5 Å². The number of aromatic nitrogens is 1. The first kappa shape index (κ1) is 19.9. The maximum atomic E-state index is 12.0. The van der Waals surface area contributed by atoms with Crippen LogP contribution in [0.25, 0.3) is 0 Å². The molecule has 3 rings (SSSR count). The number of anilines is 1. The van der Waals surface area contributed by atoms with E-state index in [0.717, 1.165) is 25.3 Å². The fourth-order valence-corrected chi connectivity index (χ4v) is 4.40. The molecular weight excluding hydrogens is 384 g/mol. The van der Waals surface area contributed by atoms with Crippen LogP contribution < -0.4 is 10.6 Å². The third-order valence-electron chi connectivity index (χ3n) is 4.06. The van der Waals surface area contributed by atoms with E-state index in [1.807, 2.05) is 16.8 Å². The van der Waals surface area contributed by atoms with E-state index in [9.17, 15) is 9.59 Å². The number of nitrogens with one attached hydrogen (secondary N) is 2. The quantitative estimate of drug-likeness (QED) is 0.736. The Bertz CT molecular complexity index is 753. The summed E-state index contributed by atoms with van der Waals surface area (Å²) < 4.78 is 5.74. The molecule has 2 atom stereocenters. The van der Waals surface area contributed by atoms with Crippen LogP contribution in [0.3, 0.4) is 0 Å². The third kappa shape index (κ3) is 6.10. The lowest BCUT2D eigenvalue weighted by Crippen LogP contribution is -2.44. The Morgan fingerprint density at radius 3 is 2.78 bits per heavy atom. The van der Waals surface area contributed by atoms with Crippen LogP contribution in [0.5, 0.6) is 0 Å². The van der Waals surface area contributed by atoms with Crippen molar-refractivity contribution in [1.82, 2.24) is 15.2 Å². The van der Waals surface area contributed by atoms with Crippen molar-refractivity contribution in [3.63, 3.8) is 0 Å². The van der Waals surface area contributed by atoms with Crippen molar-refractivity contribution in [1.29, 1.82) is 0 Å². The van der Waals surface area contributed by atoms with Crippen LogP contribution in [0.2, 0.25) is 0 Å². The second kappa shape index (κ2) is 9.41.